The van der Waals surface area contributed by atoms with Crippen LogP contribution < -0.4 is 10.1 Å². The van der Waals surface area contributed by atoms with Gasteiger partial charge in [0.15, 0.2) is 0 Å². The number of hydrogen-bond donors (Lipinski definition) is 1. The average molecular weight is 352 g/mol. The van der Waals surface area contributed by atoms with Crippen LogP contribution in [0.3, 0.4) is 0 Å². The molecule has 2 aromatic carbocycles. The molecule has 3 rings (SSSR count). The van der Waals surface area contributed by atoms with Gasteiger partial charge in [0.2, 0.25) is 5.91 Å². The summed E-state index contributed by atoms with van der Waals surface area (Å²) in [4.78, 5) is 16.9. The lowest BCUT2D eigenvalue weighted by Crippen LogP contribution is -2.16. The highest BCUT2D eigenvalue weighted by atomic mass is 32.1. The number of aromatic nitrogens is 1. The molecule has 1 aromatic heterocycles. The normalized spacial score (nSPS) is 10.7. The molecule has 0 radical (unpaired) electrons. The van der Waals surface area contributed by atoms with Gasteiger partial charge >= 0.3 is 0 Å². The first kappa shape index (κ1) is 17.2. The Morgan fingerprint density at radius 3 is 2.60 bits per heavy atom. The Bertz CT molecular complexity index is 844. The Morgan fingerprint density at radius 2 is 1.84 bits per heavy atom. The summed E-state index contributed by atoms with van der Waals surface area (Å²) in [6.07, 6.45) is 0.282. The van der Waals surface area contributed by atoms with Crippen molar-refractivity contribution in [2.75, 3.05) is 5.32 Å². The van der Waals surface area contributed by atoms with Crippen molar-refractivity contribution in [1.82, 2.24) is 4.98 Å². The zero-order valence-corrected chi connectivity index (χ0v) is 15.0. The number of rotatable bonds is 6. The summed E-state index contributed by atoms with van der Waals surface area (Å²) in [6.45, 7) is 3.91. The van der Waals surface area contributed by atoms with Crippen LogP contribution in [0, 0.1) is 0 Å². The third kappa shape index (κ3) is 4.67. The molecule has 0 aliphatic rings. The predicted molar refractivity (Wildman–Crippen MR) is 102 cm³/mol. The molecule has 0 bridgehead atoms. The van der Waals surface area contributed by atoms with Crippen molar-refractivity contribution in [2.45, 2.75) is 26.4 Å². The Hall–Kier alpha value is -2.66. The van der Waals surface area contributed by atoms with Gasteiger partial charge in [-0.1, -0.05) is 42.5 Å². The minimum atomic E-state index is -0.107. The molecule has 3 aromatic rings. The first-order valence-corrected chi connectivity index (χ1v) is 9.05. The number of amides is 1. The van der Waals surface area contributed by atoms with E-state index in [1.807, 2.05) is 73.8 Å². The highest BCUT2D eigenvalue weighted by molar-refractivity contribution is 7.13. The van der Waals surface area contributed by atoms with Crippen LogP contribution in [0.25, 0.3) is 10.6 Å². The molecule has 0 spiro atoms. The smallest absolute Gasteiger partial charge is 0.230 e. The summed E-state index contributed by atoms with van der Waals surface area (Å²) in [5.41, 5.74) is 2.51. The summed E-state index contributed by atoms with van der Waals surface area (Å²) in [5, 5.41) is 5.77. The maximum atomic E-state index is 12.4. The van der Waals surface area contributed by atoms with Gasteiger partial charge in [-0.15, -0.1) is 11.3 Å². The largest absolute Gasteiger partial charge is 0.489 e. The Morgan fingerprint density at radius 1 is 1.12 bits per heavy atom. The standard InChI is InChI=1S/C20H20N2O2S/c1-14(2)24-18-11-7-6-10-17(18)22-19(23)12-16-13-25-20(21-16)15-8-4-3-5-9-15/h3-11,13-14H,12H2,1-2H3,(H,22,23). The van der Waals surface area contributed by atoms with Gasteiger partial charge in [0.1, 0.15) is 10.8 Å². The second-order valence-corrected chi connectivity index (χ2v) is 6.76. The van der Waals surface area contributed by atoms with Gasteiger partial charge in [-0.05, 0) is 26.0 Å². The lowest BCUT2D eigenvalue weighted by molar-refractivity contribution is -0.115. The van der Waals surface area contributed by atoms with Gasteiger partial charge in [-0.3, -0.25) is 4.79 Å². The summed E-state index contributed by atoms with van der Waals surface area (Å²) in [7, 11) is 0. The van der Waals surface area contributed by atoms with Crippen LogP contribution in [-0.2, 0) is 11.2 Å². The Balaban J connectivity index is 1.67. The average Bonchev–Trinajstić information content (AvgIpc) is 3.05. The van der Waals surface area contributed by atoms with E-state index in [1.165, 1.54) is 0 Å². The minimum absolute atomic E-state index is 0.0463. The van der Waals surface area contributed by atoms with Crippen LogP contribution in [0.2, 0.25) is 0 Å². The molecule has 0 atom stereocenters. The van der Waals surface area contributed by atoms with E-state index in [0.717, 1.165) is 16.3 Å². The lowest BCUT2D eigenvalue weighted by Gasteiger charge is -2.14. The second kappa shape index (κ2) is 7.94. The van der Waals surface area contributed by atoms with E-state index < -0.39 is 0 Å². The summed E-state index contributed by atoms with van der Waals surface area (Å²) < 4.78 is 5.73. The fourth-order valence-electron chi connectivity index (χ4n) is 2.39. The molecule has 0 saturated carbocycles. The highest BCUT2D eigenvalue weighted by Gasteiger charge is 2.12. The fraction of sp³-hybridized carbons (Fsp3) is 0.200. The monoisotopic (exact) mass is 352 g/mol. The highest BCUT2D eigenvalue weighted by Crippen LogP contribution is 2.26. The molecule has 0 fully saturated rings. The zero-order valence-electron chi connectivity index (χ0n) is 14.2. The van der Waals surface area contributed by atoms with Crippen LogP contribution in [0.4, 0.5) is 5.69 Å². The van der Waals surface area contributed by atoms with Gasteiger partial charge in [0, 0.05) is 10.9 Å². The van der Waals surface area contributed by atoms with Crippen molar-refractivity contribution in [1.29, 1.82) is 0 Å². The number of benzene rings is 2. The third-order valence-electron chi connectivity index (χ3n) is 3.44. The van der Waals surface area contributed by atoms with Crippen molar-refractivity contribution in [2.24, 2.45) is 0 Å². The molecule has 4 nitrogen and oxygen atoms in total. The number of nitrogens with zero attached hydrogens (tertiary/aromatic N) is 1. The number of nitrogens with one attached hydrogen (secondary N) is 1. The van der Waals surface area contributed by atoms with E-state index >= 15 is 0 Å². The predicted octanol–water partition coefficient (Wildman–Crippen LogP) is 4.78. The van der Waals surface area contributed by atoms with Gasteiger partial charge in [-0.2, -0.15) is 0 Å². The van der Waals surface area contributed by atoms with Crippen LogP contribution in [-0.4, -0.2) is 17.0 Å². The molecule has 0 aliphatic carbocycles. The van der Waals surface area contributed by atoms with E-state index in [9.17, 15) is 4.79 Å². The van der Waals surface area contributed by atoms with Crippen molar-refractivity contribution in [3.8, 4) is 16.3 Å². The van der Waals surface area contributed by atoms with Crippen LogP contribution in [0.15, 0.2) is 60.0 Å². The number of thiazole rings is 1. The van der Waals surface area contributed by atoms with E-state index in [-0.39, 0.29) is 18.4 Å². The van der Waals surface area contributed by atoms with Crippen LogP contribution in [0.5, 0.6) is 5.75 Å². The SMILES string of the molecule is CC(C)Oc1ccccc1NC(=O)Cc1csc(-c2ccccc2)n1. The Kier molecular flexibility index (Phi) is 5.46. The molecule has 0 saturated heterocycles. The first-order valence-electron chi connectivity index (χ1n) is 8.17. The molecule has 1 amide bonds. The van der Waals surface area contributed by atoms with E-state index in [0.29, 0.717) is 11.4 Å². The van der Waals surface area contributed by atoms with Crippen molar-refractivity contribution in [3.63, 3.8) is 0 Å². The number of anilines is 1. The first-order chi connectivity index (χ1) is 12.1. The van der Waals surface area contributed by atoms with Gasteiger partial charge < -0.3 is 10.1 Å². The molecule has 5 heteroatoms. The van der Waals surface area contributed by atoms with Gasteiger partial charge in [-0.25, -0.2) is 4.98 Å². The number of carbonyl (C=O) groups excluding carboxylic acids is 1. The number of hydrogen-bond acceptors (Lipinski definition) is 4. The second-order valence-electron chi connectivity index (χ2n) is 5.90. The maximum absolute atomic E-state index is 12.4. The van der Waals surface area contributed by atoms with Crippen molar-refractivity contribution < 1.29 is 9.53 Å². The topological polar surface area (TPSA) is 51.2 Å². The lowest BCUT2D eigenvalue weighted by atomic mass is 10.2. The van der Waals surface area contributed by atoms with Crippen molar-refractivity contribution in [3.05, 3.63) is 65.7 Å². The van der Waals surface area contributed by atoms with Gasteiger partial charge in [0.05, 0.1) is 23.9 Å². The maximum Gasteiger partial charge on any atom is 0.230 e. The summed E-state index contributed by atoms with van der Waals surface area (Å²) >= 11 is 1.55. The van der Waals surface area contributed by atoms with Crippen LogP contribution in [0.1, 0.15) is 19.5 Å². The molecule has 1 N–H and O–H groups in total. The number of ether oxygens (including phenoxy) is 1. The molecular weight excluding hydrogens is 332 g/mol. The summed E-state index contributed by atoms with van der Waals surface area (Å²) in [6, 6.07) is 17.4. The molecule has 0 aliphatic heterocycles. The van der Waals surface area contributed by atoms with Crippen LogP contribution >= 0.6 is 11.3 Å². The molecular formula is C20H20N2O2S. The molecule has 25 heavy (non-hydrogen) atoms. The van der Waals surface area contributed by atoms with E-state index in [2.05, 4.69) is 10.3 Å². The number of para-hydroxylation sites is 2. The van der Waals surface area contributed by atoms with E-state index in [4.69, 9.17) is 4.74 Å². The third-order valence-corrected chi connectivity index (χ3v) is 4.38. The van der Waals surface area contributed by atoms with Crippen molar-refractivity contribution >= 4 is 22.9 Å². The Labute approximate surface area is 151 Å². The summed E-state index contributed by atoms with van der Waals surface area (Å²) in [5.74, 6) is 0.568. The fourth-order valence-corrected chi connectivity index (χ4v) is 3.21. The molecule has 1 heterocycles. The molecule has 128 valence electrons. The van der Waals surface area contributed by atoms with Gasteiger partial charge in [0.25, 0.3) is 0 Å². The quantitative estimate of drug-likeness (QED) is 0.695. The number of carbonyl (C=O) groups is 1. The zero-order chi connectivity index (χ0) is 17.6. The molecule has 0 unspecified atom stereocenters. The van der Waals surface area contributed by atoms with E-state index in [1.54, 1.807) is 11.3 Å². The minimum Gasteiger partial charge on any atom is -0.489 e.